The summed E-state index contributed by atoms with van der Waals surface area (Å²) < 4.78 is 2.33. The van der Waals surface area contributed by atoms with Crippen molar-refractivity contribution in [1.29, 1.82) is 5.26 Å². The highest BCUT2D eigenvalue weighted by Crippen LogP contribution is 2.55. The highest BCUT2D eigenvalue weighted by molar-refractivity contribution is 5.55. The fourth-order valence-electron chi connectivity index (χ4n) is 4.03. The average Bonchev–Trinajstić information content (AvgIpc) is 3.31. The summed E-state index contributed by atoms with van der Waals surface area (Å²) in [7, 11) is 2.98. The molecule has 24 heavy (non-hydrogen) atoms. The molecule has 2 aliphatic carbocycles. The lowest BCUT2D eigenvalue weighted by Crippen LogP contribution is -2.40. The van der Waals surface area contributed by atoms with Crippen molar-refractivity contribution in [3.8, 4) is 6.07 Å². The van der Waals surface area contributed by atoms with Crippen LogP contribution in [0.15, 0.2) is 33.9 Å². The number of benzene rings is 1. The second-order valence-corrected chi connectivity index (χ2v) is 6.64. The van der Waals surface area contributed by atoms with Crippen LogP contribution in [-0.4, -0.2) is 15.2 Å². The molecular formula is C18H18N4O2. The van der Waals surface area contributed by atoms with E-state index in [0.717, 1.165) is 17.4 Å². The summed E-state index contributed by atoms with van der Waals surface area (Å²) in [5, 5.41) is 12.7. The van der Waals surface area contributed by atoms with Gasteiger partial charge in [0.1, 0.15) is 11.9 Å². The smallest absolute Gasteiger partial charge is 0.332 e. The quantitative estimate of drug-likeness (QED) is 0.898. The number of aromatic nitrogens is 2. The first-order chi connectivity index (χ1) is 11.5. The van der Waals surface area contributed by atoms with Gasteiger partial charge in [-0.05, 0) is 29.9 Å². The van der Waals surface area contributed by atoms with E-state index in [-0.39, 0.29) is 11.6 Å². The molecule has 0 spiro atoms. The van der Waals surface area contributed by atoms with Crippen molar-refractivity contribution in [3.05, 3.63) is 61.8 Å². The van der Waals surface area contributed by atoms with Gasteiger partial charge in [0.05, 0.1) is 0 Å². The van der Waals surface area contributed by atoms with Crippen LogP contribution in [0.25, 0.3) is 0 Å². The standard InChI is InChI=1S/C18H18N4O2/c1-21-16(13(9-19)17(23)22(2)18(21)24)20-15-12-8-7-10-5-3-4-6-11(10)14(12)15/h3-6,12,14-15,20H,7-8H2,1-2H3. The lowest BCUT2D eigenvalue weighted by molar-refractivity contribution is 0.656. The summed E-state index contributed by atoms with van der Waals surface area (Å²) in [4.78, 5) is 24.4. The Morgan fingerprint density at radius 2 is 1.96 bits per heavy atom. The number of hydrogen-bond acceptors (Lipinski definition) is 4. The Kier molecular flexibility index (Phi) is 3.14. The minimum absolute atomic E-state index is 0.00321. The molecule has 1 N–H and O–H groups in total. The van der Waals surface area contributed by atoms with Gasteiger partial charge >= 0.3 is 5.69 Å². The van der Waals surface area contributed by atoms with Gasteiger partial charge in [-0.2, -0.15) is 5.26 Å². The van der Waals surface area contributed by atoms with Crippen LogP contribution in [0.1, 0.15) is 29.0 Å². The van der Waals surface area contributed by atoms with Crippen molar-refractivity contribution < 1.29 is 0 Å². The molecule has 1 heterocycles. The van der Waals surface area contributed by atoms with Crippen molar-refractivity contribution in [2.75, 3.05) is 5.32 Å². The zero-order valence-corrected chi connectivity index (χ0v) is 13.6. The number of aryl methyl sites for hydroxylation is 1. The van der Waals surface area contributed by atoms with Gasteiger partial charge in [0.15, 0.2) is 5.56 Å². The summed E-state index contributed by atoms with van der Waals surface area (Å²) in [5.41, 5.74) is 1.74. The molecule has 1 aromatic heterocycles. The Morgan fingerprint density at radius 1 is 1.21 bits per heavy atom. The summed E-state index contributed by atoms with van der Waals surface area (Å²) in [5.74, 6) is 1.22. The van der Waals surface area contributed by atoms with E-state index >= 15 is 0 Å². The largest absolute Gasteiger partial charge is 0.366 e. The van der Waals surface area contributed by atoms with Crippen LogP contribution in [0.2, 0.25) is 0 Å². The maximum atomic E-state index is 12.2. The van der Waals surface area contributed by atoms with Crippen LogP contribution in [0.3, 0.4) is 0 Å². The van der Waals surface area contributed by atoms with Gasteiger partial charge in [0.25, 0.3) is 5.56 Å². The Balaban J connectivity index is 1.74. The van der Waals surface area contributed by atoms with Gasteiger partial charge in [-0.25, -0.2) is 4.79 Å². The van der Waals surface area contributed by atoms with Crippen LogP contribution in [0.5, 0.6) is 0 Å². The number of nitrogens with zero attached hydrogens (tertiary/aromatic N) is 3. The van der Waals surface area contributed by atoms with Gasteiger partial charge < -0.3 is 5.32 Å². The Hall–Kier alpha value is -2.81. The number of fused-ring (bicyclic) bond motifs is 3. The number of anilines is 1. The Morgan fingerprint density at radius 3 is 2.71 bits per heavy atom. The third-order valence-electron chi connectivity index (χ3n) is 5.41. The third-order valence-corrected chi connectivity index (χ3v) is 5.41. The third kappa shape index (κ3) is 1.94. The number of nitrogens with one attached hydrogen (secondary N) is 1. The molecule has 0 aliphatic heterocycles. The van der Waals surface area contributed by atoms with E-state index in [2.05, 4.69) is 23.5 Å². The first kappa shape index (κ1) is 14.8. The lowest BCUT2D eigenvalue weighted by atomic mass is 9.92. The van der Waals surface area contributed by atoms with Gasteiger partial charge in [-0.15, -0.1) is 0 Å². The zero-order chi connectivity index (χ0) is 17.0. The summed E-state index contributed by atoms with van der Waals surface area (Å²) >= 11 is 0. The van der Waals surface area contributed by atoms with E-state index in [1.54, 1.807) is 7.05 Å². The molecule has 122 valence electrons. The van der Waals surface area contributed by atoms with Crippen LogP contribution in [0.4, 0.5) is 5.82 Å². The van der Waals surface area contributed by atoms with Crippen molar-refractivity contribution in [2.45, 2.75) is 24.8 Å². The second kappa shape index (κ2) is 5.10. The monoisotopic (exact) mass is 322 g/mol. The average molecular weight is 322 g/mol. The first-order valence-corrected chi connectivity index (χ1v) is 8.09. The molecule has 4 rings (SSSR count). The summed E-state index contributed by atoms with van der Waals surface area (Å²) in [6.45, 7) is 0. The molecule has 1 saturated carbocycles. The number of nitriles is 1. The van der Waals surface area contributed by atoms with Crippen LogP contribution in [0, 0.1) is 17.2 Å². The Bertz CT molecular complexity index is 996. The number of rotatable bonds is 2. The SMILES string of the molecule is Cn1c(NC2C3CCc4ccccc4C32)c(C#N)c(=O)n(C)c1=O. The number of hydrogen-bond donors (Lipinski definition) is 1. The first-order valence-electron chi connectivity index (χ1n) is 8.09. The maximum absolute atomic E-state index is 12.2. The van der Waals surface area contributed by atoms with E-state index in [1.807, 2.05) is 12.1 Å². The van der Waals surface area contributed by atoms with Gasteiger partial charge in [-0.1, -0.05) is 24.3 Å². The fourth-order valence-corrected chi connectivity index (χ4v) is 4.03. The molecule has 0 radical (unpaired) electrons. The van der Waals surface area contributed by atoms with Gasteiger partial charge in [0.2, 0.25) is 0 Å². The molecule has 6 heteroatoms. The molecule has 6 nitrogen and oxygen atoms in total. The normalized spacial score (nSPS) is 23.8. The van der Waals surface area contributed by atoms with E-state index < -0.39 is 11.2 Å². The molecule has 1 fully saturated rings. The van der Waals surface area contributed by atoms with E-state index in [4.69, 9.17) is 0 Å². The molecule has 3 unspecified atom stereocenters. The molecule has 0 bridgehead atoms. The van der Waals surface area contributed by atoms with Crippen molar-refractivity contribution in [3.63, 3.8) is 0 Å². The molecule has 2 aromatic rings. The van der Waals surface area contributed by atoms with Gasteiger partial charge in [-0.3, -0.25) is 13.9 Å². The molecule has 3 atom stereocenters. The van der Waals surface area contributed by atoms with Crippen molar-refractivity contribution in [1.82, 2.24) is 9.13 Å². The summed E-state index contributed by atoms with van der Waals surface area (Å²) in [6, 6.07) is 10.5. The highest BCUT2D eigenvalue weighted by Gasteiger charge is 2.53. The van der Waals surface area contributed by atoms with Gasteiger partial charge in [0, 0.05) is 26.1 Å². The van der Waals surface area contributed by atoms with E-state index in [1.165, 1.54) is 22.7 Å². The fraction of sp³-hybridized carbons (Fsp3) is 0.389. The highest BCUT2D eigenvalue weighted by atomic mass is 16.2. The van der Waals surface area contributed by atoms with Crippen LogP contribution >= 0.6 is 0 Å². The predicted octanol–water partition coefficient (Wildman–Crippen LogP) is 1.10. The Labute approximate surface area is 139 Å². The lowest BCUT2D eigenvalue weighted by Gasteiger charge is -2.14. The molecule has 2 aliphatic rings. The van der Waals surface area contributed by atoms with Crippen LogP contribution in [-0.2, 0) is 20.5 Å². The summed E-state index contributed by atoms with van der Waals surface area (Å²) in [6.07, 6.45) is 2.14. The van der Waals surface area contributed by atoms with Crippen molar-refractivity contribution >= 4 is 5.82 Å². The minimum Gasteiger partial charge on any atom is -0.366 e. The maximum Gasteiger partial charge on any atom is 0.332 e. The molecular weight excluding hydrogens is 304 g/mol. The van der Waals surface area contributed by atoms with Crippen molar-refractivity contribution in [2.24, 2.45) is 20.0 Å². The predicted molar refractivity (Wildman–Crippen MR) is 90.0 cm³/mol. The van der Waals surface area contributed by atoms with E-state index in [9.17, 15) is 14.9 Å². The second-order valence-electron chi connectivity index (χ2n) is 6.64. The van der Waals surface area contributed by atoms with Crippen LogP contribution < -0.4 is 16.6 Å². The molecule has 0 amide bonds. The topological polar surface area (TPSA) is 79.8 Å². The molecule has 1 aromatic carbocycles. The molecule has 0 saturated heterocycles. The van der Waals surface area contributed by atoms with E-state index in [0.29, 0.717) is 17.7 Å². The minimum atomic E-state index is -0.549. The zero-order valence-electron chi connectivity index (χ0n) is 13.6.